The van der Waals surface area contributed by atoms with Crippen molar-refractivity contribution in [3.8, 4) is 0 Å². The molecule has 0 radical (unpaired) electrons. The van der Waals surface area contributed by atoms with Crippen LogP contribution in [-0.2, 0) is 9.59 Å². The number of carbonyl (C=O) groups excluding carboxylic acids is 2. The van der Waals surface area contributed by atoms with Crippen LogP contribution < -0.4 is 5.32 Å². The number of carboxylic acid groups (broad SMARTS) is 1. The Morgan fingerprint density at radius 3 is 2.00 bits per heavy atom. The van der Waals surface area contributed by atoms with Crippen LogP contribution in [0.3, 0.4) is 0 Å². The van der Waals surface area contributed by atoms with Gasteiger partial charge < -0.3 is 20.2 Å². The fourth-order valence-corrected chi connectivity index (χ4v) is 2.14. The van der Waals surface area contributed by atoms with Gasteiger partial charge in [-0.1, -0.05) is 13.8 Å². The molecular formula is C13H23N3O4. The SMILES string of the molecule is CC(=O)N1CCN(C(=O)NCC(C(=O)O)C(C)C)CC1. The van der Waals surface area contributed by atoms with Gasteiger partial charge in [0.15, 0.2) is 0 Å². The number of carbonyl (C=O) groups is 3. The third kappa shape index (κ3) is 4.40. The fraction of sp³-hybridized carbons (Fsp3) is 0.769. The number of carboxylic acids is 1. The van der Waals surface area contributed by atoms with Crippen LogP contribution in [0.2, 0.25) is 0 Å². The molecular weight excluding hydrogens is 262 g/mol. The maximum absolute atomic E-state index is 11.9. The van der Waals surface area contributed by atoms with E-state index < -0.39 is 11.9 Å². The second kappa shape index (κ2) is 7.12. The summed E-state index contributed by atoms with van der Waals surface area (Å²) < 4.78 is 0. The molecule has 3 amide bonds. The molecule has 0 aromatic carbocycles. The Bertz CT molecular complexity index is 376. The van der Waals surface area contributed by atoms with E-state index in [1.165, 1.54) is 6.92 Å². The molecule has 1 unspecified atom stereocenters. The number of hydrogen-bond acceptors (Lipinski definition) is 3. The van der Waals surface area contributed by atoms with Crippen LogP contribution in [0, 0.1) is 11.8 Å². The minimum atomic E-state index is -0.901. The summed E-state index contributed by atoms with van der Waals surface area (Å²) >= 11 is 0. The van der Waals surface area contributed by atoms with Crippen LogP contribution in [0.5, 0.6) is 0 Å². The summed E-state index contributed by atoms with van der Waals surface area (Å²) in [4.78, 5) is 37.5. The molecule has 1 atom stereocenters. The molecule has 1 saturated heterocycles. The lowest BCUT2D eigenvalue weighted by molar-refractivity contribution is -0.143. The molecule has 0 aromatic rings. The number of piperazine rings is 1. The van der Waals surface area contributed by atoms with Gasteiger partial charge in [-0.05, 0) is 5.92 Å². The molecule has 7 nitrogen and oxygen atoms in total. The molecule has 0 aliphatic carbocycles. The first-order chi connectivity index (χ1) is 9.32. The first-order valence-corrected chi connectivity index (χ1v) is 6.84. The van der Waals surface area contributed by atoms with Gasteiger partial charge in [0, 0.05) is 39.6 Å². The van der Waals surface area contributed by atoms with Crippen LogP contribution in [0.15, 0.2) is 0 Å². The van der Waals surface area contributed by atoms with E-state index in [0.29, 0.717) is 26.2 Å². The minimum absolute atomic E-state index is 0.0100. The summed E-state index contributed by atoms with van der Waals surface area (Å²) in [5, 5.41) is 11.7. The zero-order valence-corrected chi connectivity index (χ0v) is 12.3. The predicted molar refractivity (Wildman–Crippen MR) is 73.2 cm³/mol. The molecule has 7 heteroatoms. The van der Waals surface area contributed by atoms with Crippen molar-refractivity contribution in [2.24, 2.45) is 11.8 Å². The van der Waals surface area contributed by atoms with Gasteiger partial charge in [-0.3, -0.25) is 9.59 Å². The Kier molecular flexibility index (Phi) is 5.79. The second-order valence-electron chi connectivity index (χ2n) is 5.37. The normalized spacial score (nSPS) is 17.0. The zero-order valence-electron chi connectivity index (χ0n) is 12.3. The molecule has 1 heterocycles. The molecule has 0 bridgehead atoms. The number of aliphatic carboxylic acids is 1. The highest BCUT2D eigenvalue weighted by Gasteiger charge is 2.25. The lowest BCUT2D eigenvalue weighted by Gasteiger charge is -2.34. The van der Waals surface area contributed by atoms with E-state index in [-0.39, 0.29) is 24.4 Å². The maximum Gasteiger partial charge on any atom is 0.317 e. The minimum Gasteiger partial charge on any atom is -0.481 e. The number of urea groups is 1. The van der Waals surface area contributed by atoms with Gasteiger partial charge in [0.1, 0.15) is 0 Å². The summed E-state index contributed by atoms with van der Waals surface area (Å²) in [6.45, 7) is 7.27. The largest absolute Gasteiger partial charge is 0.481 e. The summed E-state index contributed by atoms with van der Waals surface area (Å²) in [6, 6.07) is -0.264. The van der Waals surface area contributed by atoms with E-state index in [2.05, 4.69) is 5.32 Å². The Hall–Kier alpha value is -1.79. The topological polar surface area (TPSA) is 90.0 Å². The molecule has 2 N–H and O–H groups in total. The van der Waals surface area contributed by atoms with Crippen molar-refractivity contribution in [1.82, 2.24) is 15.1 Å². The number of amides is 3. The van der Waals surface area contributed by atoms with E-state index in [9.17, 15) is 14.4 Å². The average Bonchev–Trinajstić information content (AvgIpc) is 2.38. The van der Waals surface area contributed by atoms with Crippen molar-refractivity contribution in [3.05, 3.63) is 0 Å². The molecule has 0 spiro atoms. The van der Waals surface area contributed by atoms with Gasteiger partial charge in [0.2, 0.25) is 5.91 Å². The lowest BCUT2D eigenvalue weighted by Crippen LogP contribution is -2.53. The van der Waals surface area contributed by atoms with E-state index in [4.69, 9.17) is 5.11 Å². The molecule has 0 aromatic heterocycles. The summed E-state index contributed by atoms with van der Waals surface area (Å²) in [7, 11) is 0. The standard InChI is InChI=1S/C13H23N3O4/c1-9(2)11(12(18)19)8-14-13(20)16-6-4-15(5-7-16)10(3)17/h9,11H,4-8H2,1-3H3,(H,14,20)(H,18,19). The first kappa shape index (κ1) is 16.3. The number of hydrogen-bond donors (Lipinski definition) is 2. The maximum atomic E-state index is 11.9. The average molecular weight is 285 g/mol. The molecule has 1 aliphatic rings. The second-order valence-corrected chi connectivity index (χ2v) is 5.37. The molecule has 1 rings (SSSR count). The molecule has 0 saturated carbocycles. The highest BCUT2D eigenvalue weighted by atomic mass is 16.4. The third-order valence-corrected chi connectivity index (χ3v) is 3.61. The monoisotopic (exact) mass is 285 g/mol. The lowest BCUT2D eigenvalue weighted by atomic mass is 9.96. The summed E-state index contributed by atoms with van der Waals surface area (Å²) in [5.74, 6) is -1.52. The molecule has 20 heavy (non-hydrogen) atoms. The van der Waals surface area contributed by atoms with Gasteiger partial charge >= 0.3 is 12.0 Å². The predicted octanol–water partition coefficient (Wildman–Crippen LogP) is 0.217. The Morgan fingerprint density at radius 1 is 1.10 bits per heavy atom. The van der Waals surface area contributed by atoms with Crippen molar-refractivity contribution in [3.63, 3.8) is 0 Å². The highest BCUT2D eigenvalue weighted by Crippen LogP contribution is 2.10. The van der Waals surface area contributed by atoms with Crippen molar-refractivity contribution < 1.29 is 19.5 Å². The van der Waals surface area contributed by atoms with Crippen molar-refractivity contribution in [2.45, 2.75) is 20.8 Å². The first-order valence-electron chi connectivity index (χ1n) is 6.84. The number of nitrogens with zero attached hydrogens (tertiary/aromatic N) is 2. The molecule has 114 valence electrons. The summed E-state index contributed by atoms with van der Waals surface area (Å²) in [6.07, 6.45) is 0. The highest BCUT2D eigenvalue weighted by molar-refractivity contribution is 5.77. The fourth-order valence-electron chi connectivity index (χ4n) is 2.14. The van der Waals surface area contributed by atoms with E-state index in [1.54, 1.807) is 9.80 Å². The van der Waals surface area contributed by atoms with Crippen LogP contribution in [0.25, 0.3) is 0 Å². The number of nitrogens with one attached hydrogen (secondary N) is 1. The Balaban J connectivity index is 2.40. The number of rotatable bonds is 4. The van der Waals surface area contributed by atoms with E-state index >= 15 is 0 Å². The van der Waals surface area contributed by atoms with Crippen molar-refractivity contribution in [2.75, 3.05) is 32.7 Å². The summed E-state index contributed by atoms with van der Waals surface area (Å²) in [5.41, 5.74) is 0. The van der Waals surface area contributed by atoms with Crippen LogP contribution in [0.1, 0.15) is 20.8 Å². The van der Waals surface area contributed by atoms with Crippen LogP contribution >= 0.6 is 0 Å². The van der Waals surface area contributed by atoms with Gasteiger partial charge in [-0.2, -0.15) is 0 Å². The smallest absolute Gasteiger partial charge is 0.317 e. The quantitative estimate of drug-likeness (QED) is 0.773. The molecule has 1 fully saturated rings. The van der Waals surface area contributed by atoms with E-state index in [0.717, 1.165) is 0 Å². The third-order valence-electron chi connectivity index (χ3n) is 3.61. The van der Waals surface area contributed by atoms with Gasteiger partial charge in [-0.25, -0.2) is 4.79 Å². The van der Waals surface area contributed by atoms with Gasteiger partial charge in [0.25, 0.3) is 0 Å². The van der Waals surface area contributed by atoms with E-state index in [1.807, 2.05) is 13.8 Å². The van der Waals surface area contributed by atoms with Gasteiger partial charge in [0.05, 0.1) is 5.92 Å². The zero-order chi connectivity index (χ0) is 15.3. The van der Waals surface area contributed by atoms with Crippen LogP contribution in [-0.4, -0.2) is 65.5 Å². The Labute approximate surface area is 118 Å². The van der Waals surface area contributed by atoms with Gasteiger partial charge in [-0.15, -0.1) is 0 Å². The Morgan fingerprint density at radius 2 is 1.60 bits per heavy atom. The van der Waals surface area contributed by atoms with Crippen LogP contribution in [0.4, 0.5) is 4.79 Å². The van der Waals surface area contributed by atoms with Crippen molar-refractivity contribution >= 4 is 17.9 Å². The van der Waals surface area contributed by atoms with Crippen molar-refractivity contribution in [1.29, 1.82) is 0 Å². The molecule has 1 aliphatic heterocycles.